The Morgan fingerprint density at radius 2 is 1.53 bits per heavy atom. The third kappa shape index (κ3) is 2.90. The van der Waals surface area contributed by atoms with Crippen LogP contribution in [0.3, 0.4) is 0 Å². The molecule has 0 aliphatic heterocycles. The molecular formula is C13H10O2. The van der Waals surface area contributed by atoms with Crippen LogP contribution in [0.4, 0.5) is 0 Å². The molecule has 0 saturated heterocycles. The minimum Gasteiger partial charge on any atom is -0.478 e. The van der Waals surface area contributed by atoms with Crippen LogP contribution >= 0.6 is 0 Å². The summed E-state index contributed by atoms with van der Waals surface area (Å²) in [5, 5.41) is 8.87. The summed E-state index contributed by atoms with van der Waals surface area (Å²) in [5.74, 6) is 10.1. The maximum Gasteiger partial charge on any atom is 0.335 e. The first-order chi connectivity index (χ1) is 7.17. The van der Waals surface area contributed by atoms with Gasteiger partial charge in [-0.2, -0.15) is 0 Å². The highest BCUT2D eigenvalue weighted by Gasteiger charge is 2.04. The average Bonchev–Trinajstić information content (AvgIpc) is 2.18. The smallest absolute Gasteiger partial charge is 0.335 e. The van der Waals surface area contributed by atoms with Crippen LogP contribution < -0.4 is 0 Å². The molecule has 0 amide bonds. The van der Waals surface area contributed by atoms with Crippen LogP contribution in [0.15, 0.2) is 18.2 Å². The number of rotatable bonds is 1. The molecule has 0 unspecified atom stereocenters. The molecule has 2 nitrogen and oxygen atoms in total. The Hall–Kier alpha value is -2.19. The normalized spacial score (nSPS) is 8.13. The third-order valence-corrected chi connectivity index (χ3v) is 1.72. The van der Waals surface area contributed by atoms with Crippen molar-refractivity contribution in [3.8, 4) is 23.7 Å². The average molecular weight is 198 g/mol. The van der Waals surface area contributed by atoms with Crippen LogP contribution in [-0.2, 0) is 0 Å². The first-order valence-electron chi connectivity index (χ1n) is 4.41. The zero-order valence-electron chi connectivity index (χ0n) is 8.59. The summed E-state index contributed by atoms with van der Waals surface area (Å²) >= 11 is 0. The van der Waals surface area contributed by atoms with E-state index in [1.54, 1.807) is 32.0 Å². The van der Waals surface area contributed by atoms with Crippen LogP contribution in [0.5, 0.6) is 0 Å². The van der Waals surface area contributed by atoms with Gasteiger partial charge in [0.15, 0.2) is 0 Å². The van der Waals surface area contributed by atoms with Crippen molar-refractivity contribution in [3.05, 3.63) is 34.9 Å². The number of hydrogen-bond acceptors (Lipinski definition) is 1. The van der Waals surface area contributed by atoms with Crippen molar-refractivity contribution in [2.24, 2.45) is 0 Å². The lowest BCUT2D eigenvalue weighted by atomic mass is 10.1. The van der Waals surface area contributed by atoms with Crippen LogP contribution in [0.2, 0.25) is 0 Å². The summed E-state index contributed by atoms with van der Waals surface area (Å²) in [5.41, 5.74) is 1.57. The lowest BCUT2D eigenvalue weighted by Crippen LogP contribution is -1.97. The highest BCUT2D eigenvalue weighted by Crippen LogP contribution is 2.09. The molecule has 0 fully saturated rings. The second kappa shape index (κ2) is 4.88. The lowest BCUT2D eigenvalue weighted by molar-refractivity contribution is 0.0697. The Morgan fingerprint density at radius 3 is 1.87 bits per heavy atom. The zero-order valence-corrected chi connectivity index (χ0v) is 8.59. The van der Waals surface area contributed by atoms with Gasteiger partial charge in [0.1, 0.15) is 0 Å². The summed E-state index contributed by atoms with van der Waals surface area (Å²) in [6.07, 6.45) is 0. The van der Waals surface area contributed by atoms with Crippen LogP contribution in [-0.4, -0.2) is 11.1 Å². The molecular weight excluding hydrogens is 188 g/mol. The first-order valence-corrected chi connectivity index (χ1v) is 4.41. The van der Waals surface area contributed by atoms with Gasteiger partial charge in [-0.15, -0.1) is 11.8 Å². The van der Waals surface area contributed by atoms with Crippen LogP contribution in [0.25, 0.3) is 0 Å². The van der Waals surface area contributed by atoms with Crippen molar-refractivity contribution >= 4 is 5.97 Å². The Balaban J connectivity index is 3.34. The number of carboxylic acid groups (broad SMARTS) is 1. The van der Waals surface area contributed by atoms with E-state index in [-0.39, 0.29) is 5.56 Å². The van der Waals surface area contributed by atoms with E-state index in [0.717, 1.165) is 0 Å². The van der Waals surface area contributed by atoms with Gasteiger partial charge in [0.2, 0.25) is 0 Å². The molecule has 2 heteroatoms. The van der Waals surface area contributed by atoms with E-state index in [4.69, 9.17) is 5.11 Å². The molecule has 0 saturated carbocycles. The van der Waals surface area contributed by atoms with Crippen molar-refractivity contribution in [2.45, 2.75) is 13.8 Å². The fourth-order valence-electron chi connectivity index (χ4n) is 1.18. The molecule has 1 N–H and O–H groups in total. The standard InChI is InChI=1S/C13H10O2/c1-3-5-10-7-11(6-4-2)9-12(8-10)13(14)15/h7-9H,1-2H3,(H,14,15). The van der Waals surface area contributed by atoms with E-state index >= 15 is 0 Å². The fourth-order valence-corrected chi connectivity index (χ4v) is 1.18. The number of carboxylic acids is 1. The summed E-state index contributed by atoms with van der Waals surface area (Å²) in [6.45, 7) is 3.41. The van der Waals surface area contributed by atoms with Gasteiger partial charge in [-0.25, -0.2) is 4.79 Å². The van der Waals surface area contributed by atoms with Crippen molar-refractivity contribution in [3.63, 3.8) is 0 Å². The molecule has 0 heterocycles. The highest BCUT2D eigenvalue weighted by molar-refractivity contribution is 5.88. The number of hydrogen-bond donors (Lipinski definition) is 1. The second-order valence-corrected chi connectivity index (χ2v) is 2.85. The van der Waals surface area contributed by atoms with E-state index in [9.17, 15) is 4.79 Å². The Labute approximate surface area is 88.9 Å². The Morgan fingerprint density at radius 1 is 1.07 bits per heavy atom. The molecule has 0 aromatic heterocycles. The summed E-state index contributed by atoms with van der Waals surface area (Å²) < 4.78 is 0. The fraction of sp³-hybridized carbons (Fsp3) is 0.154. The maximum atomic E-state index is 10.8. The molecule has 0 radical (unpaired) electrons. The van der Waals surface area contributed by atoms with Gasteiger partial charge in [0, 0.05) is 11.1 Å². The van der Waals surface area contributed by atoms with Crippen LogP contribution in [0, 0.1) is 23.7 Å². The number of aromatic carboxylic acids is 1. The third-order valence-electron chi connectivity index (χ3n) is 1.72. The zero-order chi connectivity index (χ0) is 11.3. The lowest BCUT2D eigenvalue weighted by Gasteiger charge is -1.98. The van der Waals surface area contributed by atoms with Crippen molar-refractivity contribution in [1.29, 1.82) is 0 Å². The monoisotopic (exact) mass is 198 g/mol. The second-order valence-electron chi connectivity index (χ2n) is 2.85. The number of carbonyl (C=O) groups is 1. The molecule has 0 bridgehead atoms. The van der Waals surface area contributed by atoms with Gasteiger partial charge in [-0.1, -0.05) is 11.8 Å². The van der Waals surface area contributed by atoms with Gasteiger partial charge in [0.25, 0.3) is 0 Å². The Bertz CT molecular complexity index is 467. The van der Waals surface area contributed by atoms with Gasteiger partial charge in [0.05, 0.1) is 5.56 Å². The SMILES string of the molecule is CC#Cc1cc(C#CC)cc(C(=O)O)c1. The molecule has 0 spiro atoms. The topological polar surface area (TPSA) is 37.3 Å². The van der Waals surface area contributed by atoms with Gasteiger partial charge in [-0.05, 0) is 32.0 Å². The van der Waals surface area contributed by atoms with Gasteiger partial charge >= 0.3 is 5.97 Å². The highest BCUT2D eigenvalue weighted by atomic mass is 16.4. The predicted molar refractivity (Wildman–Crippen MR) is 58.5 cm³/mol. The first kappa shape index (κ1) is 10.9. The van der Waals surface area contributed by atoms with Crippen LogP contribution in [0.1, 0.15) is 35.3 Å². The van der Waals surface area contributed by atoms with E-state index in [0.29, 0.717) is 11.1 Å². The molecule has 0 aliphatic carbocycles. The molecule has 74 valence electrons. The van der Waals surface area contributed by atoms with E-state index in [1.807, 2.05) is 0 Å². The molecule has 15 heavy (non-hydrogen) atoms. The van der Waals surface area contributed by atoms with Crippen molar-refractivity contribution in [1.82, 2.24) is 0 Å². The minimum absolute atomic E-state index is 0.216. The van der Waals surface area contributed by atoms with E-state index in [2.05, 4.69) is 23.7 Å². The van der Waals surface area contributed by atoms with Crippen molar-refractivity contribution in [2.75, 3.05) is 0 Å². The largest absolute Gasteiger partial charge is 0.478 e. The minimum atomic E-state index is -0.964. The molecule has 1 aromatic carbocycles. The van der Waals surface area contributed by atoms with Crippen molar-refractivity contribution < 1.29 is 9.90 Å². The quantitative estimate of drug-likeness (QED) is 0.702. The predicted octanol–water partition coefficient (Wildman–Crippen LogP) is 2.13. The summed E-state index contributed by atoms with van der Waals surface area (Å²) in [4.78, 5) is 10.8. The molecule has 1 rings (SSSR count). The maximum absolute atomic E-state index is 10.8. The molecule has 0 aliphatic rings. The summed E-state index contributed by atoms with van der Waals surface area (Å²) in [7, 11) is 0. The van der Waals surface area contributed by atoms with Gasteiger partial charge in [-0.3, -0.25) is 0 Å². The summed E-state index contributed by atoms with van der Waals surface area (Å²) in [6, 6.07) is 4.86. The number of benzene rings is 1. The molecule has 0 atom stereocenters. The molecule has 1 aromatic rings. The van der Waals surface area contributed by atoms with Gasteiger partial charge < -0.3 is 5.11 Å². The van der Waals surface area contributed by atoms with E-state index in [1.165, 1.54) is 0 Å². The van der Waals surface area contributed by atoms with E-state index < -0.39 is 5.97 Å². The Kier molecular flexibility index (Phi) is 3.55.